The molecule has 0 aliphatic rings. The number of allylic oxidation sites excluding steroid dienone is 1. The minimum atomic E-state index is -0.330. The molecule has 0 aromatic carbocycles. The fraction of sp³-hybridized carbons (Fsp3) is 0.750. The summed E-state index contributed by atoms with van der Waals surface area (Å²) >= 11 is 0. The molecule has 0 radical (unpaired) electrons. The molecule has 0 saturated carbocycles. The van der Waals surface area contributed by atoms with Crippen LogP contribution in [0.5, 0.6) is 0 Å². The van der Waals surface area contributed by atoms with E-state index in [2.05, 4.69) is 25.7 Å². The number of rotatable bonds is 6. The van der Waals surface area contributed by atoms with Crippen LogP contribution in [0.25, 0.3) is 0 Å². The van der Waals surface area contributed by atoms with Crippen molar-refractivity contribution in [3.05, 3.63) is 12.7 Å². The second kappa shape index (κ2) is 7.28. The third-order valence-corrected chi connectivity index (χ3v) is 5.61. The Bertz CT molecular complexity index is 81.3. The van der Waals surface area contributed by atoms with Gasteiger partial charge in [0.2, 0.25) is 0 Å². The van der Waals surface area contributed by atoms with Crippen LogP contribution in [0.4, 0.5) is 0 Å². The molecule has 10 heavy (non-hydrogen) atoms. The van der Waals surface area contributed by atoms with Crippen LogP contribution in [0.3, 0.4) is 0 Å². The van der Waals surface area contributed by atoms with Crippen LogP contribution < -0.4 is 0 Å². The van der Waals surface area contributed by atoms with Gasteiger partial charge in [-0.1, -0.05) is 37.7 Å². The third kappa shape index (κ3) is 6.30. The van der Waals surface area contributed by atoms with Gasteiger partial charge in [0.05, 0.1) is 0 Å². The molecule has 60 valence electrons. The maximum Gasteiger partial charge on any atom is 0.0375 e. The lowest BCUT2D eigenvalue weighted by Gasteiger charge is -2.04. The Morgan fingerprint density at radius 2 is 2.30 bits per heavy atom. The van der Waals surface area contributed by atoms with Gasteiger partial charge in [-0.25, -0.2) is 0 Å². The smallest absolute Gasteiger partial charge is 0.0375 e. The molecule has 0 aromatic rings. The molecular formula is C8H20Si2. The largest absolute Gasteiger partial charge is 0.103 e. The van der Waals surface area contributed by atoms with Gasteiger partial charge >= 0.3 is 0 Å². The Kier molecular flexibility index (Phi) is 7.41. The summed E-state index contributed by atoms with van der Waals surface area (Å²) in [6.07, 6.45) is 3.62. The van der Waals surface area contributed by atoms with Crippen molar-refractivity contribution in [3.63, 3.8) is 0 Å². The summed E-state index contributed by atoms with van der Waals surface area (Å²) < 4.78 is 0. The molecule has 0 nitrogen and oxygen atoms in total. The summed E-state index contributed by atoms with van der Waals surface area (Å²) in [7, 11) is 0.0239. The van der Waals surface area contributed by atoms with Gasteiger partial charge in [0, 0.05) is 18.3 Å². The van der Waals surface area contributed by atoms with Crippen molar-refractivity contribution in [1.82, 2.24) is 0 Å². The van der Waals surface area contributed by atoms with E-state index in [1.165, 1.54) is 12.5 Å². The second-order valence-corrected chi connectivity index (χ2v) is 8.09. The average molecular weight is 172 g/mol. The van der Waals surface area contributed by atoms with Gasteiger partial charge < -0.3 is 0 Å². The van der Waals surface area contributed by atoms with E-state index in [-0.39, 0.29) is 8.80 Å². The molecule has 0 saturated heterocycles. The number of hydrogen-bond donors (Lipinski definition) is 0. The first-order valence-corrected chi connectivity index (χ1v) is 9.62. The summed E-state index contributed by atoms with van der Waals surface area (Å²) in [6.45, 7) is 8.63. The molecule has 0 aliphatic heterocycles. The zero-order valence-corrected chi connectivity index (χ0v) is 9.97. The Morgan fingerprint density at radius 3 is 2.80 bits per heavy atom. The molecular weight excluding hydrogens is 152 g/mol. The van der Waals surface area contributed by atoms with E-state index < -0.39 is 0 Å². The van der Waals surface area contributed by atoms with Crippen LogP contribution in [-0.4, -0.2) is 18.3 Å². The predicted octanol–water partition coefficient (Wildman–Crippen LogP) is 2.05. The Morgan fingerprint density at radius 1 is 1.60 bits per heavy atom. The van der Waals surface area contributed by atoms with Crippen molar-refractivity contribution in [2.75, 3.05) is 0 Å². The summed E-state index contributed by atoms with van der Waals surface area (Å²) in [6, 6.07) is 4.45. The van der Waals surface area contributed by atoms with E-state index in [1.54, 1.807) is 12.1 Å². The van der Waals surface area contributed by atoms with Crippen molar-refractivity contribution in [1.29, 1.82) is 0 Å². The van der Waals surface area contributed by atoms with Gasteiger partial charge in [0.1, 0.15) is 0 Å². The Hall–Kier alpha value is 0.174. The molecule has 1 unspecified atom stereocenters. The first-order chi connectivity index (χ1) is 4.81. The Balaban J connectivity index is 3.04. The van der Waals surface area contributed by atoms with Gasteiger partial charge in [-0.3, -0.25) is 0 Å². The normalized spacial score (nSPS) is 14.2. The second-order valence-electron chi connectivity index (χ2n) is 3.13. The molecule has 0 bridgehead atoms. The van der Waals surface area contributed by atoms with Crippen molar-refractivity contribution in [3.8, 4) is 0 Å². The average Bonchev–Trinajstić information content (AvgIpc) is 1.89. The monoisotopic (exact) mass is 172 g/mol. The minimum Gasteiger partial charge on any atom is -0.103 e. The van der Waals surface area contributed by atoms with Crippen LogP contribution in [0.15, 0.2) is 12.7 Å². The van der Waals surface area contributed by atoms with Crippen LogP contribution in [0.2, 0.25) is 31.2 Å². The highest BCUT2D eigenvalue weighted by atomic mass is 28.3. The zero-order valence-electron chi connectivity index (χ0n) is 7.40. The molecule has 1 atom stereocenters. The van der Waals surface area contributed by atoms with Crippen LogP contribution in [0.1, 0.15) is 6.42 Å². The molecule has 0 aromatic heterocycles. The van der Waals surface area contributed by atoms with E-state index in [9.17, 15) is 0 Å². The number of hydrogen-bond acceptors (Lipinski definition) is 0. The molecule has 0 heterocycles. The molecule has 2 heteroatoms. The fourth-order valence-electron chi connectivity index (χ4n) is 1.15. The van der Waals surface area contributed by atoms with Crippen LogP contribution in [-0.2, 0) is 0 Å². The highest BCUT2D eigenvalue weighted by Crippen LogP contribution is 2.05. The lowest BCUT2D eigenvalue weighted by molar-refractivity contribution is 1.05. The lowest BCUT2D eigenvalue weighted by atomic mass is 10.6. The van der Waals surface area contributed by atoms with Crippen molar-refractivity contribution >= 4 is 18.3 Å². The summed E-state index contributed by atoms with van der Waals surface area (Å²) in [5.41, 5.74) is 0. The van der Waals surface area contributed by atoms with Gasteiger partial charge in [0.15, 0.2) is 0 Å². The molecule has 0 amide bonds. The summed E-state index contributed by atoms with van der Waals surface area (Å²) in [5, 5.41) is 0. The first-order valence-electron chi connectivity index (χ1n) is 4.42. The van der Waals surface area contributed by atoms with E-state index >= 15 is 0 Å². The first kappa shape index (κ1) is 10.2. The molecule has 0 aliphatic carbocycles. The van der Waals surface area contributed by atoms with E-state index in [4.69, 9.17) is 0 Å². The van der Waals surface area contributed by atoms with Crippen LogP contribution in [0, 0.1) is 0 Å². The Labute approximate surface area is 69.2 Å². The van der Waals surface area contributed by atoms with Crippen molar-refractivity contribution in [2.45, 2.75) is 37.6 Å². The van der Waals surface area contributed by atoms with Crippen molar-refractivity contribution in [2.24, 2.45) is 0 Å². The van der Waals surface area contributed by atoms with Crippen LogP contribution >= 0.6 is 0 Å². The maximum absolute atomic E-state index is 3.77. The lowest BCUT2D eigenvalue weighted by Crippen LogP contribution is -2.03. The quantitative estimate of drug-likeness (QED) is 0.327. The standard InChI is InChI=1S/C8H20Si2/c1-4-7-10(3)8-5-6-9-2/h4,10H,1,5-9H2,2-3H3. The van der Waals surface area contributed by atoms with Gasteiger partial charge in [0.25, 0.3) is 0 Å². The minimum absolute atomic E-state index is 0.330. The van der Waals surface area contributed by atoms with Crippen molar-refractivity contribution < 1.29 is 0 Å². The zero-order chi connectivity index (χ0) is 7.82. The highest BCUT2D eigenvalue weighted by Gasteiger charge is 1.99. The third-order valence-electron chi connectivity index (χ3n) is 1.87. The van der Waals surface area contributed by atoms with E-state index in [0.717, 1.165) is 0 Å². The molecule has 0 N–H and O–H groups in total. The van der Waals surface area contributed by atoms with Gasteiger partial charge in [-0.05, 0) is 6.04 Å². The molecule has 0 rings (SSSR count). The topological polar surface area (TPSA) is 0 Å². The summed E-state index contributed by atoms with van der Waals surface area (Å²) in [5.74, 6) is 0. The van der Waals surface area contributed by atoms with Gasteiger partial charge in [-0.2, -0.15) is 0 Å². The highest BCUT2D eigenvalue weighted by molar-refractivity contribution is 6.57. The molecule has 0 fully saturated rings. The molecule has 0 spiro atoms. The van der Waals surface area contributed by atoms with E-state index in [0.29, 0.717) is 9.52 Å². The van der Waals surface area contributed by atoms with E-state index in [1.807, 2.05) is 0 Å². The predicted molar refractivity (Wildman–Crippen MR) is 56.7 cm³/mol. The SMILES string of the molecule is C=CC[SiH](C)CCC[SiH2]C. The summed E-state index contributed by atoms with van der Waals surface area (Å²) in [4.78, 5) is 0. The fourth-order valence-corrected chi connectivity index (χ4v) is 4.30. The maximum atomic E-state index is 3.77. The van der Waals surface area contributed by atoms with Gasteiger partial charge in [-0.15, -0.1) is 6.58 Å².